The molecular formula is C16H29N7O7S. The summed E-state index contributed by atoms with van der Waals surface area (Å²) in [5.41, 5.74) is 15.7. The van der Waals surface area contributed by atoms with Crippen molar-refractivity contribution < 1.29 is 34.2 Å². The van der Waals surface area contributed by atoms with Crippen LogP contribution in [-0.4, -0.2) is 82.8 Å². The number of nitrogens with one attached hydrogen (secondary N) is 3. The van der Waals surface area contributed by atoms with E-state index in [4.69, 9.17) is 27.4 Å². The van der Waals surface area contributed by atoms with Crippen molar-refractivity contribution in [1.29, 1.82) is 0 Å². The SMILES string of the molecule is NCC(=O)NC(CCCN=C(N)N)C(=O)NC(CCC(=O)O)C(=O)NC(CS)C(=O)O. The van der Waals surface area contributed by atoms with E-state index in [2.05, 4.69) is 33.6 Å². The second-order valence-corrected chi connectivity index (χ2v) is 6.71. The standard InChI is InChI=1S/C16H29N7O7S/c17-6-11(24)21-8(2-1-5-20-16(18)19)13(27)22-9(3-4-12(25)26)14(28)23-10(7-31)15(29)30/h8-10,31H,1-7,17H2,(H,21,24)(H,22,27)(H,23,28)(H,25,26)(H,29,30)(H4,18,19,20). The highest BCUT2D eigenvalue weighted by atomic mass is 32.1. The monoisotopic (exact) mass is 463 g/mol. The molecule has 0 aromatic carbocycles. The third kappa shape index (κ3) is 12.3. The molecule has 0 saturated heterocycles. The number of nitrogens with zero attached hydrogens (tertiary/aromatic N) is 1. The number of carboxylic acids is 2. The van der Waals surface area contributed by atoms with Crippen molar-refractivity contribution in [1.82, 2.24) is 16.0 Å². The number of hydrogen-bond acceptors (Lipinski definition) is 8. The molecule has 0 fully saturated rings. The fourth-order valence-electron chi connectivity index (χ4n) is 2.29. The number of hydrogen-bond donors (Lipinski definition) is 9. The maximum absolute atomic E-state index is 12.7. The molecule has 0 spiro atoms. The van der Waals surface area contributed by atoms with Crippen LogP contribution in [0.2, 0.25) is 0 Å². The van der Waals surface area contributed by atoms with Crippen LogP contribution in [0.3, 0.4) is 0 Å². The van der Waals surface area contributed by atoms with Crippen molar-refractivity contribution in [3.8, 4) is 0 Å². The topological polar surface area (TPSA) is 252 Å². The van der Waals surface area contributed by atoms with E-state index in [0.29, 0.717) is 6.42 Å². The Balaban J connectivity index is 5.34. The maximum Gasteiger partial charge on any atom is 0.327 e. The van der Waals surface area contributed by atoms with Gasteiger partial charge in [0.2, 0.25) is 17.7 Å². The lowest BCUT2D eigenvalue weighted by Gasteiger charge is -2.24. The highest BCUT2D eigenvalue weighted by molar-refractivity contribution is 7.80. The number of rotatable bonds is 15. The Kier molecular flexibility index (Phi) is 13.4. The van der Waals surface area contributed by atoms with E-state index in [1.807, 2.05) is 0 Å². The van der Waals surface area contributed by atoms with E-state index < -0.39 is 54.2 Å². The molecule has 0 rings (SSSR count). The highest BCUT2D eigenvalue weighted by Crippen LogP contribution is 2.04. The van der Waals surface area contributed by atoms with Crippen LogP contribution < -0.4 is 33.2 Å². The number of carboxylic acid groups (broad SMARTS) is 2. The number of carbonyl (C=O) groups excluding carboxylic acids is 3. The van der Waals surface area contributed by atoms with Crippen molar-refractivity contribution in [3.05, 3.63) is 0 Å². The molecule has 0 aliphatic rings. The molecule has 15 heteroatoms. The first-order chi connectivity index (χ1) is 14.5. The summed E-state index contributed by atoms with van der Waals surface area (Å²) < 4.78 is 0. The summed E-state index contributed by atoms with van der Waals surface area (Å²) in [6, 6.07) is -3.81. The van der Waals surface area contributed by atoms with Crippen molar-refractivity contribution in [2.45, 2.75) is 43.8 Å². The van der Waals surface area contributed by atoms with E-state index in [-0.39, 0.29) is 37.6 Å². The lowest BCUT2D eigenvalue weighted by molar-refractivity contribution is -0.142. The van der Waals surface area contributed by atoms with Crippen LogP contribution in [0.4, 0.5) is 0 Å². The molecule has 3 unspecified atom stereocenters. The Hall–Kier alpha value is -3.07. The predicted molar refractivity (Wildman–Crippen MR) is 113 cm³/mol. The van der Waals surface area contributed by atoms with Crippen LogP contribution in [0, 0.1) is 0 Å². The van der Waals surface area contributed by atoms with Crippen molar-refractivity contribution in [2.24, 2.45) is 22.2 Å². The second-order valence-electron chi connectivity index (χ2n) is 6.35. The fraction of sp³-hybridized carbons (Fsp3) is 0.625. The zero-order valence-electron chi connectivity index (χ0n) is 16.7. The summed E-state index contributed by atoms with van der Waals surface area (Å²) in [5.74, 6) is -5.25. The number of aliphatic imine (C=N–C) groups is 1. The van der Waals surface area contributed by atoms with Gasteiger partial charge in [-0.3, -0.25) is 24.2 Å². The van der Waals surface area contributed by atoms with Gasteiger partial charge in [0.25, 0.3) is 0 Å². The molecule has 3 amide bonds. The maximum atomic E-state index is 12.7. The largest absolute Gasteiger partial charge is 0.481 e. The number of amides is 3. The number of carbonyl (C=O) groups is 5. The van der Waals surface area contributed by atoms with Gasteiger partial charge < -0.3 is 43.4 Å². The van der Waals surface area contributed by atoms with Gasteiger partial charge in [-0.15, -0.1) is 0 Å². The lowest BCUT2D eigenvalue weighted by Crippen LogP contribution is -2.56. The van der Waals surface area contributed by atoms with Gasteiger partial charge in [-0.25, -0.2) is 4.79 Å². The summed E-state index contributed by atoms with van der Waals surface area (Å²) >= 11 is 3.83. The lowest BCUT2D eigenvalue weighted by atomic mass is 10.1. The van der Waals surface area contributed by atoms with Gasteiger partial charge in [0, 0.05) is 18.7 Å². The Morgan fingerprint density at radius 1 is 0.903 bits per heavy atom. The Labute approximate surface area is 183 Å². The predicted octanol–water partition coefficient (Wildman–Crippen LogP) is -3.67. The second kappa shape index (κ2) is 14.8. The van der Waals surface area contributed by atoms with Crippen LogP contribution in [0.5, 0.6) is 0 Å². The number of nitrogens with two attached hydrogens (primary N) is 3. The van der Waals surface area contributed by atoms with Crippen LogP contribution in [0.1, 0.15) is 25.7 Å². The van der Waals surface area contributed by atoms with Crippen LogP contribution >= 0.6 is 12.6 Å². The third-order valence-corrected chi connectivity index (χ3v) is 4.22. The summed E-state index contributed by atoms with van der Waals surface area (Å²) in [7, 11) is 0. The molecule has 0 saturated carbocycles. The average Bonchev–Trinajstić information content (AvgIpc) is 2.70. The van der Waals surface area contributed by atoms with Gasteiger partial charge in [-0.2, -0.15) is 12.6 Å². The number of guanidine groups is 1. The molecule has 0 heterocycles. The first-order valence-corrected chi connectivity index (χ1v) is 9.86. The Bertz CT molecular complexity index is 685. The minimum atomic E-state index is -1.36. The zero-order valence-corrected chi connectivity index (χ0v) is 17.6. The zero-order chi connectivity index (χ0) is 24.0. The van der Waals surface area contributed by atoms with Crippen LogP contribution in [0.25, 0.3) is 0 Å². The number of aliphatic carboxylic acids is 2. The van der Waals surface area contributed by atoms with Crippen LogP contribution in [0.15, 0.2) is 4.99 Å². The molecule has 0 radical (unpaired) electrons. The van der Waals surface area contributed by atoms with E-state index in [1.54, 1.807) is 0 Å². The number of thiol groups is 1. The van der Waals surface area contributed by atoms with Crippen LogP contribution in [-0.2, 0) is 24.0 Å². The van der Waals surface area contributed by atoms with Gasteiger partial charge in [-0.05, 0) is 19.3 Å². The highest BCUT2D eigenvalue weighted by Gasteiger charge is 2.29. The van der Waals surface area contributed by atoms with Crippen molar-refractivity contribution in [2.75, 3.05) is 18.8 Å². The molecule has 3 atom stereocenters. The van der Waals surface area contributed by atoms with Gasteiger partial charge >= 0.3 is 11.9 Å². The minimum Gasteiger partial charge on any atom is -0.481 e. The molecule has 0 aromatic rings. The first-order valence-electron chi connectivity index (χ1n) is 9.22. The van der Waals surface area contributed by atoms with Gasteiger partial charge in [0.1, 0.15) is 18.1 Å². The fourth-order valence-corrected chi connectivity index (χ4v) is 2.54. The molecule has 0 aliphatic heterocycles. The molecule has 0 aromatic heterocycles. The van der Waals surface area contributed by atoms with E-state index in [0.717, 1.165) is 0 Å². The summed E-state index contributed by atoms with van der Waals surface area (Å²) in [6.07, 6.45) is -0.387. The summed E-state index contributed by atoms with van der Waals surface area (Å²) in [6.45, 7) is -0.210. The minimum absolute atomic E-state index is 0.0933. The Morgan fingerprint density at radius 3 is 1.90 bits per heavy atom. The molecule has 14 nitrogen and oxygen atoms in total. The van der Waals surface area contributed by atoms with Gasteiger partial charge in [0.05, 0.1) is 6.54 Å². The molecule has 31 heavy (non-hydrogen) atoms. The smallest absolute Gasteiger partial charge is 0.327 e. The molecule has 0 aliphatic carbocycles. The van der Waals surface area contributed by atoms with Crippen molar-refractivity contribution >= 4 is 48.2 Å². The van der Waals surface area contributed by atoms with E-state index >= 15 is 0 Å². The van der Waals surface area contributed by atoms with E-state index in [9.17, 15) is 24.0 Å². The normalized spacial score (nSPS) is 13.2. The van der Waals surface area contributed by atoms with Gasteiger partial charge in [0.15, 0.2) is 5.96 Å². The molecule has 0 bridgehead atoms. The molecule has 176 valence electrons. The summed E-state index contributed by atoms with van der Waals surface area (Å²) in [4.78, 5) is 62.5. The first kappa shape index (κ1) is 27.9. The quantitative estimate of drug-likeness (QED) is 0.0497. The van der Waals surface area contributed by atoms with Crippen molar-refractivity contribution in [3.63, 3.8) is 0 Å². The third-order valence-electron chi connectivity index (χ3n) is 3.86. The Morgan fingerprint density at radius 2 is 1.45 bits per heavy atom. The van der Waals surface area contributed by atoms with Gasteiger partial charge in [-0.1, -0.05) is 0 Å². The average molecular weight is 464 g/mol. The van der Waals surface area contributed by atoms with E-state index in [1.165, 1.54) is 0 Å². The molecular weight excluding hydrogens is 434 g/mol. The molecule has 11 N–H and O–H groups in total. The summed E-state index contributed by atoms with van der Waals surface area (Å²) in [5, 5.41) is 24.8.